The van der Waals surface area contributed by atoms with Gasteiger partial charge in [0.25, 0.3) is 0 Å². The molecular weight excluding hydrogens is 228 g/mol. The van der Waals surface area contributed by atoms with Gasteiger partial charge in [-0.05, 0) is 25.7 Å². The summed E-state index contributed by atoms with van der Waals surface area (Å²) in [5.41, 5.74) is -0.0841. The molecule has 1 aliphatic rings. The van der Waals surface area contributed by atoms with Gasteiger partial charge in [0.05, 0.1) is 0 Å². The fourth-order valence-electron chi connectivity index (χ4n) is 1.96. The first-order valence-corrected chi connectivity index (χ1v) is 5.35. The number of aliphatic hydroxyl groups is 1. The van der Waals surface area contributed by atoms with Crippen molar-refractivity contribution in [2.75, 3.05) is 0 Å². The number of allylic oxidation sites excluding steroid dienone is 1. The van der Waals surface area contributed by atoms with E-state index in [0.29, 0.717) is 12.8 Å². The predicted molar refractivity (Wildman–Crippen MR) is 56.5 cm³/mol. The second-order valence-corrected chi connectivity index (χ2v) is 4.02. The van der Waals surface area contributed by atoms with Gasteiger partial charge in [0, 0.05) is 17.9 Å². The number of aliphatic hydroxyl groups excluding tert-OH is 1. The molecule has 1 saturated carbocycles. The Morgan fingerprint density at radius 2 is 1.88 bits per heavy atom. The van der Waals surface area contributed by atoms with Crippen LogP contribution in [0.5, 0.6) is 0 Å². The molecule has 0 aromatic heterocycles. The van der Waals surface area contributed by atoms with Gasteiger partial charge < -0.3 is 15.3 Å². The van der Waals surface area contributed by atoms with Crippen molar-refractivity contribution in [3.8, 4) is 0 Å². The fourth-order valence-corrected chi connectivity index (χ4v) is 1.96. The number of rotatable bonds is 4. The maximum absolute atomic E-state index is 11.8. The first-order chi connectivity index (χ1) is 7.93. The summed E-state index contributed by atoms with van der Waals surface area (Å²) in [5, 5.41) is 26.4. The van der Waals surface area contributed by atoms with Gasteiger partial charge in [0.1, 0.15) is 0 Å². The van der Waals surface area contributed by atoms with Gasteiger partial charge in [-0.3, -0.25) is 9.59 Å². The number of carbonyl (C=O) groups is 3. The average Bonchev–Trinajstić information content (AvgIpc) is 2.26. The fraction of sp³-hybridized carbons (Fsp3) is 0.545. The number of ketones is 1. The Hall–Kier alpha value is -1.85. The van der Waals surface area contributed by atoms with E-state index in [1.807, 2.05) is 0 Å². The molecule has 0 aromatic rings. The molecule has 0 spiro atoms. The van der Waals surface area contributed by atoms with Crippen molar-refractivity contribution in [2.45, 2.75) is 32.1 Å². The van der Waals surface area contributed by atoms with E-state index in [0.717, 1.165) is 0 Å². The summed E-state index contributed by atoms with van der Waals surface area (Å²) in [6.45, 7) is 0. The van der Waals surface area contributed by atoms with Crippen molar-refractivity contribution in [1.82, 2.24) is 0 Å². The Balaban J connectivity index is 2.79. The summed E-state index contributed by atoms with van der Waals surface area (Å²) in [4.78, 5) is 32.8. The van der Waals surface area contributed by atoms with E-state index in [-0.39, 0.29) is 24.8 Å². The molecule has 0 saturated heterocycles. The highest BCUT2D eigenvalue weighted by molar-refractivity contribution is 6.03. The van der Waals surface area contributed by atoms with E-state index in [1.165, 1.54) is 0 Å². The van der Waals surface area contributed by atoms with E-state index >= 15 is 0 Å². The monoisotopic (exact) mass is 242 g/mol. The zero-order valence-corrected chi connectivity index (χ0v) is 9.18. The summed E-state index contributed by atoms with van der Waals surface area (Å²) in [6, 6.07) is 0. The standard InChI is InChI=1S/C11H14O6/c12-8(13)5-4-6-2-1-3-7(9(6)14)10(15)11(16)17/h6,15H,1-5H2,(H,12,13)(H,16,17). The van der Waals surface area contributed by atoms with Crippen LogP contribution < -0.4 is 0 Å². The molecule has 17 heavy (non-hydrogen) atoms. The van der Waals surface area contributed by atoms with Gasteiger partial charge in [-0.2, -0.15) is 0 Å². The minimum absolute atomic E-state index is 0.0841. The predicted octanol–water partition coefficient (Wildman–Crippen LogP) is 1.12. The lowest BCUT2D eigenvalue weighted by atomic mass is 9.81. The lowest BCUT2D eigenvalue weighted by molar-refractivity contribution is -0.138. The molecule has 0 bridgehead atoms. The van der Waals surface area contributed by atoms with Crippen LogP contribution >= 0.6 is 0 Å². The Morgan fingerprint density at radius 1 is 1.24 bits per heavy atom. The lowest BCUT2D eigenvalue weighted by Gasteiger charge is -2.22. The van der Waals surface area contributed by atoms with Crippen LogP contribution in [0.25, 0.3) is 0 Å². The number of carboxylic acids is 2. The smallest absolute Gasteiger partial charge is 0.371 e. The first-order valence-electron chi connectivity index (χ1n) is 5.35. The number of carboxylic acid groups (broad SMARTS) is 2. The van der Waals surface area contributed by atoms with Gasteiger partial charge in [0.15, 0.2) is 5.78 Å². The summed E-state index contributed by atoms with van der Waals surface area (Å²) in [7, 11) is 0. The third kappa shape index (κ3) is 3.30. The average molecular weight is 242 g/mol. The summed E-state index contributed by atoms with van der Waals surface area (Å²) in [6.07, 6.45) is 1.42. The minimum atomic E-state index is -1.52. The van der Waals surface area contributed by atoms with E-state index < -0.39 is 29.4 Å². The van der Waals surface area contributed by atoms with Gasteiger partial charge in [0.2, 0.25) is 5.76 Å². The Kier molecular flexibility index (Phi) is 4.25. The van der Waals surface area contributed by atoms with Crippen LogP contribution in [-0.4, -0.2) is 33.0 Å². The molecule has 3 N–H and O–H groups in total. The van der Waals surface area contributed by atoms with Crippen LogP contribution in [0.15, 0.2) is 11.3 Å². The molecule has 0 aromatic carbocycles. The van der Waals surface area contributed by atoms with Gasteiger partial charge in [-0.1, -0.05) is 0 Å². The molecular formula is C11H14O6. The Morgan fingerprint density at radius 3 is 2.41 bits per heavy atom. The molecule has 0 heterocycles. The molecule has 94 valence electrons. The highest BCUT2D eigenvalue weighted by Gasteiger charge is 2.30. The largest absolute Gasteiger partial charge is 0.502 e. The number of Topliss-reactive ketones (excluding diaryl/α,β-unsaturated/α-hetero) is 1. The van der Waals surface area contributed by atoms with Crippen molar-refractivity contribution >= 4 is 17.7 Å². The van der Waals surface area contributed by atoms with Gasteiger partial charge in [-0.25, -0.2) is 4.79 Å². The number of hydrogen-bond acceptors (Lipinski definition) is 4. The lowest BCUT2D eigenvalue weighted by Crippen LogP contribution is -2.25. The van der Waals surface area contributed by atoms with Gasteiger partial charge in [-0.15, -0.1) is 0 Å². The zero-order chi connectivity index (χ0) is 13.0. The topological polar surface area (TPSA) is 112 Å². The summed E-state index contributed by atoms with van der Waals surface area (Å²) < 4.78 is 0. The molecule has 6 heteroatoms. The highest BCUT2D eigenvalue weighted by atomic mass is 16.4. The van der Waals surface area contributed by atoms with Crippen LogP contribution in [-0.2, 0) is 14.4 Å². The SMILES string of the molecule is O=C(O)CCC1CCCC(=C(O)C(=O)O)C1=O. The van der Waals surface area contributed by atoms with E-state index in [2.05, 4.69) is 0 Å². The summed E-state index contributed by atoms with van der Waals surface area (Å²) >= 11 is 0. The maximum atomic E-state index is 11.8. The quantitative estimate of drug-likeness (QED) is 0.503. The molecule has 0 amide bonds. The molecule has 0 aliphatic heterocycles. The zero-order valence-electron chi connectivity index (χ0n) is 9.18. The van der Waals surface area contributed by atoms with Crippen molar-refractivity contribution in [3.05, 3.63) is 11.3 Å². The summed E-state index contributed by atoms with van der Waals surface area (Å²) in [5.74, 6) is -4.34. The first kappa shape index (κ1) is 13.2. The third-order valence-corrected chi connectivity index (χ3v) is 2.84. The molecule has 1 unspecified atom stereocenters. The number of carbonyl (C=O) groups excluding carboxylic acids is 1. The second-order valence-electron chi connectivity index (χ2n) is 4.02. The van der Waals surface area contributed by atoms with Crippen LogP contribution in [0, 0.1) is 5.92 Å². The van der Waals surface area contributed by atoms with Crippen molar-refractivity contribution in [2.24, 2.45) is 5.92 Å². The van der Waals surface area contributed by atoms with Gasteiger partial charge >= 0.3 is 11.9 Å². The van der Waals surface area contributed by atoms with Crippen molar-refractivity contribution in [1.29, 1.82) is 0 Å². The second kappa shape index (κ2) is 5.47. The van der Waals surface area contributed by atoms with Crippen molar-refractivity contribution in [3.63, 3.8) is 0 Å². The molecule has 0 radical (unpaired) electrons. The molecule has 1 aliphatic carbocycles. The van der Waals surface area contributed by atoms with Crippen LogP contribution in [0.2, 0.25) is 0 Å². The van der Waals surface area contributed by atoms with E-state index in [1.54, 1.807) is 0 Å². The van der Waals surface area contributed by atoms with Crippen LogP contribution in [0.1, 0.15) is 32.1 Å². The normalized spacial score (nSPS) is 23.3. The third-order valence-electron chi connectivity index (χ3n) is 2.84. The Labute approximate surface area is 97.6 Å². The highest BCUT2D eigenvalue weighted by Crippen LogP contribution is 2.29. The van der Waals surface area contributed by atoms with E-state index in [9.17, 15) is 19.5 Å². The minimum Gasteiger partial charge on any atom is -0.502 e. The number of hydrogen-bond donors (Lipinski definition) is 3. The van der Waals surface area contributed by atoms with Crippen LogP contribution in [0.4, 0.5) is 0 Å². The maximum Gasteiger partial charge on any atom is 0.371 e. The molecule has 1 atom stereocenters. The van der Waals surface area contributed by atoms with Crippen LogP contribution in [0.3, 0.4) is 0 Å². The molecule has 1 rings (SSSR count). The Bertz CT molecular complexity index is 381. The molecule has 1 fully saturated rings. The molecule has 6 nitrogen and oxygen atoms in total. The van der Waals surface area contributed by atoms with E-state index in [4.69, 9.17) is 10.2 Å². The number of aliphatic carboxylic acids is 2. The van der Waals surface area contributed by atoms with Crippen molar-refractivity contribution < 1.29 is 29.7 Å².